The first kappa shape index (κ1) is 19.3. The monoisotopic (exact) mass is 439 g/mol. The number of carbonyl (C=O) groups is 2. The number of aromatic nitrogens is 1. The topological polar surface area (TPSA) is 87.5 Å². The van der Waals surface area contributed by atoms with Crippen molar-refractivity contribution in [3.05, 3.63) is 37.8 Å². The van der Waals surface area contributed by atoms with Crippen molar-refractivity contribution < 1.29 is 19.8 Å². The second-order valence-corrected chi connectivity index (χ2v) is 9.58. The highest BCUT2D eigenvalue weighted by Gasteiger charge is 2.45. The predicted octanol–water partition coefficient (Wildman–Crippen LogP) is 4.71. The Hall–Kier alpha value is -1.47. The molecule has 5 nitrogen and oxygen atoms in total. The molecule has 26 heavy (non-hydrogen) atoms. The van der Waals surface area contributed by atoms with E-state index in [1.165, 1.54) is 49.5 Å². The van der Waals surface area contributed by atoms with Gasteiger partial charge in [0.2, 0.25) is 0 Å². The van der Waals surface area contributed by atoms with Crippen molar-refractivity contribution in [3.8, 4) is 0 Å². The molecular formula is C19H22BrNO4S. The first-order valence-corrected chi connectivity index (χ1v) is 10.4. The summed E-state index contributed by atoms with van der Waals surface area (Å²) in [5, 5.41) is 19.8. The minimum atomic E-state index is -1.41. The number of nitrogens with zero attached hydrogens (tertiary/aromatic N) is 1. The maximum absolute atomic E-state index is 12.2. The lowest BCUT2D eigenvalue weighted by molar-refractivity contribution is -0.142. The van der Waals surface area contributed by atoms with Crippen molar-refractivity contribution in [1.82, 2.24) is 4.98 Å². The van der Waals surface area contributed by atoms with Crippen molar-refractivity contribution >= 4 is 39.2 Å². The van der Waals surface area contributed by atoms with Crippen LogP contribution in [0.25, 0.3) is 0 Å². The number of aliphatic carboxylic acids is 2. The summed E-state index contributed by atoms with van der Waals surface area (Å²) < 4.78 is 0.858. The van der Waals surface area contributed by atoms with E-state index in [4.69, 9.17) is 0 Å². The van der Waals surface area contributed by atoms with E-state index in [0.717, 1.165) is 15.9 Å². The van der Waals surface area contributed by atoms with Crippen LogP contribution in [0.2, 0.25) is 0 Å². The Balaban J connectivity index is 1.95. The molecule has 0 bridgehead atoms. The fourth-order valence-corrected chi connectivity index (χ4v) is 5.61. The summed E-state index contributed by atoms with van der Waals surface area (Å²) in [5.41, 5.74) is 0.226. The first-order valence-electron chi connectivity index (χ1n) is 8.84. The smallest absolute Gasteiger partial charge is 0.331 e. The van der Waals surface area contributed by atoms with Crippen LogP contribution in [-0.4, -0.2) is 27.1 Å². The zero-order valence-electron chi connectivity index (χ0n) is 14.6. The van der Waals surface area contributed by atoms with E-state index in [9.17, 15) is 19.8 Å². The van der Waals surface area contributed by atoms with Gasteiger partial charge in [-0.15, -0.1) is 11.3 Å². The van der Waals surface area contributed by atoms with Crippen molar-refractivity contribution in [2.75, 3.05) is 0 Å². The number of allylic oxidation sites excluding steroid dienone is 2. The van der Waals surface area contributed by atoms with E-state index in [1.807, 2.05) is 0 Å². The minimum Gasteiger partial charge on any atom is -0.480 e. The third kappa shape index (κ3) is 3.78. The largest absolute Gasteiger partial charge is 0.480 e. The highest BCUT2D eigenvalue weighted by molar-refractivity contribution is 9.11. The second kappa shape index (κ2) is 7.64. The lowest BCUT2D eigenvalue weighted by Gasteiger charge is -2.28. The summed E-state index contributed by atoms with van der Waals surface area (Å²) in [4.78, 5) is 28.3. The maximum atomic E-state index is 12.2. The van der Waals surface area contributed by atoms with Gasteiger partial charge in [-0.1, -0.05) is 43.8 Å². The Kier molecular flexibility index (Phi) is 5.67. The SMILES string of the molecule is CC1=CC(C(=O)O)(c2nc(CC3CCCCC3)c(Br)s2)CC(C(=O)O)=C1. The fourth-order valence-electron chi connectivity index (χ4n) is 3.93. The molecule has 3 rings (SSSR count). The Labute approximate surface area is 165 Å². The quantitative estimate of drug-likeness (QED) is 0.693. The maximum Gasteiger partial charge on any atom is 0.331 e. The zero-order chi connectivity index (χ0) is 18.9. The van der Waals surface area contributed by atoms with Crippen LogP contribution in [0.1, 0.15) is 56.2 Å². The Morgan fingerprint density at radius 2 is 2.00 bits per heavy atom. The highest BCUT2D eigenvalue weighted by atomic mass is 79.9. The predicted molar refractivity (Wildman–Crippen MR) is 103 cm³/mol. The molecule has 0 radical (unpaired) electrons. The third-order valence-electron chi connectivity index (χ3n) is 5.24. The van der Waals surface area contributed by atoms with Crippen LogP contribution in [0, 0.1) is 5.92 Å². The molecule has 0 aromatic carbocycles. The van der Waals surface area contributed by atoms with E-state index >= 15 is 0 Å². The van der Waals surface area contributed by atoms with Crippen molar-refractivity contribution in [1.29, 1.82) is 0 Å². The molecule has 1 heterocycles. The summed E-state index contributed by atoms with van der Waals surface area (Å²) in [6.45, 7) is 1.73. The van der Waals surface area contributed by atoms with Crippen molar-refractivity contribution in [2.24, 2.45) is 5.92 Å². The molecule has 1 fully saturated rings. The van der Waals surface area contributed by atoms with Crippen LogP contribution < -0.4 is 0 Å². The standard InChI is InChI=1S/C19H22BrNO4S/c1-11-7-13(16(22)23)10-19(9-11,18(24)25)17-21-14(15(20)26-17)8-12-5-3-2-4-6-12/h7,9,12H,2-6,8,10H2,1H3,(H,22,23)(H,24,25). The van der Waals surface area contributed by atoms with E-state index < -0.39 is 17.4 Å². The van der Waals surface area contributed by atoms with E-state index in [2.05, 4.69) is 20.9 Å². The first-order chi connectivity index (χ1) is 12.3. The van der Waals surface area contributed by atoms with Gasteiger partial charge in [0, 0.05) is 12.0 Å². The van der Waals surface area contributed by atoms with Crippen LogP contribution in [0.3, 0.4) is 0 Å². The van der Waals surface area contributed by atoms with Gasteiger partial charge in [-0.2, -0.15) is 0 Å². The van der Waals surface area contributed by atoms with Crippen molar-refractivity contribution in [3.63, 3.8) is 0 Å². The third-order valence-corrected chi connectivity index (χ3v) is 7.25. The minimum absolute atomic E-state index is 0.0855. The van der Waals surface area contributed by atoms with Crippen LogP contribution >= 0.6 is 27.3 Å². The van der Waals surface area contributed by atoms with Crippen LogP contribution in [0.4, 0.5) is 0 Å². The van der Waals surface area contributed by atoms with Gasteiger partial charge in [0.1, 0.15) is 10.4 Å². The van der Waals surface area contributed by atoms with Crippen molar-refractivity contribution in [2.45, 2.75) is 57.3 Å². The Morgan fingerprint density at radius 1 is 1.31 bits per heavy atom. The summed E-state index contributed by atoms with van der Waals surface area (Å²) in [6, 6.07) is 0. The number of hydrogen-bond donors (Lipinski definition) is 2. The fraction of sp³-hybridized carbons (Fsp3) is 0.526. The Bertz CT molecular complexity index is 791. The van der Waals surface area contributed by atoms with Gasteiger partial charge in [0.05, 0.1) is 9.48 Å². The van der Waals surface area contributed by atoms with E-state index in [-0.39, 0.29) is 12.0 Å². The molecule has 1 aromatic heterocycles. The molecule has 0 saturated heterocycles. The number of carboxylic acids is 2. The highest BCUT2D eigenvalue weighted by Crippen LogP contribution is 2.43. The molecule has 2 aliphatic carbocycles. The summed E-state index contributed by atoms with van der Waals surface area (Å²) >= 11 is 4.87. The second-order valence-electron chi connectivity index (χ2n) is 7.26. The van der Waals surface area contributed by atoms with Gasteiger partial charge in [-0.3, -0.25) is 4.79 Å². The molecule has 1 atom stereocenters. The summed E-state index contributed by atoms with van der Waals surface area (Å²) in [7, 11) is 0. The molecule has 2 aliphatic rings. The van der Waals surface area contributed by atoms with Gasteiger partial charge in [-0.05, 0) is 41.3 Å². The molecule has 0 aliphatic heterocycles. The molecule has 2 N–H and O–H groups in total. The van der Waals surface area contributed by atoms with Gasteiger partial charge in [-0.25, -0.2) is 9.78 Å². The van der Waals surface area contributed by atoms with Crippen LogP contribution in [0.5, 0.6) is 0 Å². The number of rotatable bonds is 5. The van der Waals surface area contributed by atoms with Gasteiger partial charge >= 0.3 is 11.9 Å². The molecule has 0 amide bonds. The average Bonchev–Trinajstić information content (AvgIpc) is 2.96. The van der Waals surface area contributed by atoms with E-state index in [0.29, 0.717) is 16.5 Å². The molecule has 140 valence electrons. The van der Waals surface area contributed by atoms with Gasteiger partial charge in [0.15, 0.2) is 0 Å². The molecule has 0 spiro atoms. The number of thiazole rings is 1. The van der Waals surface area contributed by atoms with Crippen LogP contribution in [0.15, 0.2) is 27.1 Å². The lowest BCUT2D eigenvalue weighted by Crippen LogP contribution is -2.37. The molecular weight excluding hydrogens is 418 g/mol. The summed E-state index contributed by atoms with van der Waals surface area (Å²) in [5.74, 6) is -1.55. The van der Waals surface area contributed by atoms with Crippen LogP contribution in [-0.2, 0) is 21.4 Å². The molecule has 1 aromatic rings. The number of halogens is 1. The lowest BCUT2D eigenvalue weighted by atomic mass is 9.76. The zero-order valence-corrected chi connectivity index (χ0v) is 17.0. The molecule has 1 unspecified atom stereocenters. The average molecular weight is 440 g/mol. The normalized spacial score (nSPS) is 24.1. The van der Waals surface area contributed by atoms with E-state index in [1.54, 1.807) is 13.0 Å². The number of hydrogen-bond acceptors (Lipinski definition) is 4. The van der Waals surface area contributed by atoms with Gasteiger partial charge in [0.25, 0.3) is 0 Å². The summed E-state index contributed by atoms with van der Waals surface area (Å²) in [6.07, 6.45) is 10.1. The Morgan fingerprint density at radius 3 is 2.62 bits per heavy atom. The number of carboxylic acid groups (broad SMARTS) is 2. The molecule has 1 saturated carbocycles. The van der Waals surface area contributed by atoms with Gasteiger partial charge < -0.3 is 10.2 Å². The molecule has 7 heteroatoms.